The molecule has 0 fully saturated rings. The van der Waals surface area contributed by atoms with Crippen molar-refractivity contribution >= 4 is 15.9 Å². The van der Waals surface area contributed by atoms with Crippen molar-refractivity contribution in [1.82, 2.24) is 15.1 Å². The second kappa shape index (κ2) is 7.34. The van der Waals surface area contributed by atoms with Crippen LogP contribution in [-0.2, 0) is 17.1 Å². The maximum absolute atomic E-state index is 12.6. The van der Waals surface area contributed by atoms with Gasteiger partial charge < -0.3 is 5.32 Å². The second-order valence-electron chi connectivity index (χ2n) is 6.21. The van der Waals surface area contributed by atoms with Crippen molar-refractivity contribution in [1.29, 1.82) is 0 Å². The number of carbonyl (C=O) groups is 1. The first-order chi connectivity index (χ1) is 12.8. The Morgan fingerprint density at radius 2 is 1.74 bits per heavy atom. The summed E-state index contributed by atoms with van der Waals surface area (Å²) < 4.78 is 24.2. The molecule has 3 aromatic rings. The van der Waals surface area contributed by atoms with E-state index in [2.05, 4.69) is 10.4 Å². The number of carbonyl (C=O) groups excluding carboxylic acids is 1. The van der Waals surface area contributed by atoms with Crippen molar-refractivity contribution in [2.75, 3.05) is 0 Å². The summed E-state index contributed by atoms with van der Waals surface area (Å²) in [5.74, 6) is -0.268. The first-order valence-corrected chi connectivity index (χ1v) is 9.83. The van der Waals surface area contributed by atoms with Gasteiger partial charge in [-0.05, 0) is 30.7 Å². The predicted molar refractivity (Wildman–Crippen MR) is 102 cm³/mol. The zero-order chi connectivity index (χ0) is 19.6. The Labute approximate surface area is 157 Å². The Hall–Kier alpha value is -2.97. The Morgan fingerprint density at radius 3 is 2.33 bits per heavy atom. The third-order valence-corrected chi connectivity index (χ3v) is 5.17. The molecule has 27 heavy (non-hydrogen) atoms. The summed E-state index contributed by atoms with van der Waals surface area (Å²) in [5.41, 5.74) is 2.84. The lowest BCUT2D eigenvalue weighted by Crippen LogP contribution is -2.28. The second-order valence-corrected chi connectivity index (χ2v) is 7.78. The van der Waals surface area contributed by atoms with Gasteiger partial charge in [-0.25, -0.2) is 13.6 Å². The molecule has 0 radical (unpaired) electrons. The molecule has 7 nitrogen and oxygen atoms in total. The maximum Gasteiger partial charge on any atom is 0.270 e. The molecule has 1 atom stereocenters. The third kappa shape index (κ3) is 4.24. The van der Waals surface area contributed by atoms with Crippen molar-refractivity contribution in [2.45, 2.75) is 17.9 Å². The zero-order valence-electron chi connectivity index (χ0n) is 15.0. The first-order valence-electron chi connectivity index (χ1n) is 8.29. The standard InChI is InChI=1S/C19H20N4O3S/c1-13(14-8-10-16(11-9-14)27(20,25)26)21-19(24)18-12-17(22-23(18)2)15-6-4-3-5-7-15/h3-13H,1-2H3,(H,21,24)(H2,20,25,26). The number of rotatable bonds is 5. The lowest BCUT2D eigenvalue weighted by atomic mass is 10.1. The quantitative estimate of drug-likeness (QED) is 0.703. The van der Waals surface area contributed by atoms with Crippen LogP contribution in [0.4, 0.5) is 0 Å². The molecule has 3 rings (SSSR count). The molecule has 0 saturated carbocycles. The molecule has 1 unspecified atom stereocenters. The van der Waals surface area contributed by atoms with Crippen molar-refractivity contribution in [2.24, 2.45) is 12.2 Å². The molecule has 8 heteroatoms. The van der Waals surface area contributed by atoms with Crippen LogP contribution >= 0.6 is 0 Å². The summed E-state index contributed by atoms with van der Waals surface area (Å²) in [5, 5.41) is 12.4. The number of sulfonamides is 1. The average molecular weight is 384 g/mol. The van der Waals surface area contributed by atoms with E-state index in [4.69, 9.17) is 5.14 Å². The molecule has 0 bridgehead atoms. The molecule has 0 aliphatic heterocycles. The molecule has 1 aromatic heterocycles. The number of nitrogens with one attached hydrogen (secondary N) is 1. The fourth-order valence-corrected chi connectivity index (χ4v) is 3.25. The Morgan fingerprint density at radius 1 is 1.11 bits per heavy atom. The molecule has 0 aliphatic carbocycles. The molecule has 0 saturated heterocycles. The number of hydrogen-bond acceptors (Lipinski definition) is 4. The Bertz CT molecular complexity index is 1060. The number of nitrogens with two attached hydrogens (primary N) is 1. The summed E-state index contributed by atoms with van der Waals surface area (Å²) >= 11 is 0. The van der Waals surface area contributed by atoms with E-state index in [1.807, 2.05) is 37.3 Å². The summed E-state index contributed by atoms with van der Waals surface area (Å²) in [6.45, 7) is 1.82. The fourth-order valence-electron chi connectivity index (χ4n) is 2.73. The van der Waals surface area contributed by atoms with E-state index in [1.54, 1.807) is 25.2 Å². The van der Waals surface area contributed by atoms with Crippen LogP contribution in [0.3, 0.4) is 0 Å². The number of primary sulfonamides is 1. The normalized spacial score (nSPS) is 12.6. The topological polar surface area (TPSA) is 107 Å². The van der Waals surface area contributed by atoms with Gasteiger partial charge in [0.1, 0.15) is 5.69 Å². The number of aromatic nitrogens is 2. The molecular weight excluding hydrogens is 364 g/mol. The molecule has 3 N–H and O–H groups in total. The lowest BCUT2D eigenvalue weighted by molar-refractivity contribution is 0.0930. The molecule has 0 aliphatic rings. The highest BCUT2D eigenvalue weighted by Crippen LogP contribution is 2.20. The van der Waals surface area contributed by atoms with Crippen LogP contribution in [0.25, 0.3) is 11.3 Å². The van der Waals surface area contributed by atoms with Gasteiger partial charge in [-0.15, -0.1) is 0 Å². The molecule has 140 valence electrons. The maximum atomic E-state index is 12.6. The highest BCUT2D eigenvalue weighted by Gasteiger charge is 2.17. The molecule has 1 heterocycles. The van der Waals surface area contributed by atoms with Gasteiger partial charge >= 0.3 is 0 Å². The van der Waals surface area contributed by atoms with Gasteiger partial charge in [-0.1, -0.05) is 42.5 Å². The summed E-state index contributed by atoms with van der Waals surface area (Å²) in [6, 6.07) is 17.1. The van der Waals surface area contributed by atoms with Gasteiger partial charge in [0.05, 0.1) is 16.6 Å². The van der Waals surface area contributed by atoms with E-state index < -0.39 is 10.0 Å². The van der Waals surface area contributed by atoms with Gasteiger partial charge in [-0.2, -0.15) is 5.10 Å². The summed E-state index contributed by atoms with van der Waals surface area (Å²) in [4.78, 5) is 12.7. The van der Waals surface area contributed by atoms with Gasteiger partial charge in [0.15, 0.2) is 0 Å². The van der Waals surface area contributed by atoms with Crippen LogP contribution in [0.15, 0.2) is 65.6 Å². The van der Waals surface area contributed by atoms with Crippen LogP contribution < -0.4 is 10.5 Å². The highest BCUT2D eigenvalue weighted by molar-refractivity contribution is 7.89. The molecular formula is C19H20N4O3S. The van der Waals surface area contributed by atoms with Crippen molar-refractivity contribution in [3.8, 4) is 11.3 Å². The Balaban J connectivity index is 1.76. The molecule has 0 spiro atoms. The van der Waals surface area contributed by atoms with Crippen LogP contribution in [0.1, 0.15) is 29.0 Å². The number of hydrogen-bond donors (Lipinski definition) is 2. The summed E-state index contributed by atoms with van der Waals surface area (Å²) in [7, 11) is -2.02. The first kappa shape index (κ1) is 18.8. The Kier molecular flexibility index (Phi) is 5.11. The van der Waals surface area contributed by atoms with E-state index in [-0.39, 0.29) is 16.8 Å². The van der Waals surface area contributed by atoms with Crippen molar-refractivity contribution < 1.29 is 13.2 Å². The minimum atomic E-state index is -3.74. The smallest absolute Gasteiger partial charge is 0.270 e. The zero-order valence-corrected chi connectivity index (χ0v) is 15.8. The van der Waals surface area contributed by atoms with Crippen LogP contribution in [0.2, 0.25) is 0 Å². The molecule has 2 aromatic carbocycles. The summed E-state index contributed by atoms with van der Waals surface area (Å²) in [6.07, 6.45) is 0. The monoisotopic (exact) mass is 384 g/mol. The van der Waals surface area contributed by atoms with Crippen molar-refractivity contribution in [3.05, 3.63) is 71.9 Å². The average Bonchev–Trinajstić information content (AvgIpc) is 3.04. The van der Waals surface area contributed by atoms with Crippen LogP contribution in [-0.4, -0.2) is 24.1 Å². The number of amides is 1. The van der Waals surface area contributed by atoms with E-state index in [0.717, 1.165) is 11.1 Å². The van der Waals surface area contributed by atoms with E-state index in [1.165, 1.54) is 16.8 Å². The predicted octanol–water partition coefficient (Wildman–Crippen LogP) is 2.23. The number of nitrogens with zero attached hydrogens (tertiary/aromatic N) is 2. The van der Waals surface area contributed by atoms with E-state index >= 15 is 0 Å². The minimum absolute atomic E-state index is 0.0314. The lowest BCUT2D eigenvalue weighted by Gasteiger charge is -2.14. The van der Waals surface area contributed by atoms with Crippen LogP contribution in [0.5, 0.6) is 0 Å². The van der Waals surface area contributed by atoms with Gasteiger partial charge in [0, 0.05) is 12.6 Å². The van der Waals surface area contributed by atoms with E-state index in [9.17, 15) is 13.2 Å². The number of aryl methyl sites for hydroxylation is 1. The number of benzene rings is 2. The SMILES string of the molecule is CC(NC(=O)c1cc(-c2ccccc2)nn1C)c1ccc(S(N)(=O)=O)cc1. The van der Waals surface area contributed by atoms with Gasteiger partial charge in [-0.3, -0.25) is 9.48 Å². The van der Waals surface area contributed by atoms with Gasteiger partial charge in [0.25, 0.3) is 5.91 Å². The van der Waals surface area contributed by atoms with Crippen LogP contribution in [0, 0.1) is 0 Å². The third-order valence-electron chi connectivity index (χ3n) is 4.24. The highest BCUT2D eigenvalue weighted by atomic mass is 32.2. The molecule has 1 amide bonds. The van der Waals surface area contributed by atoms with E-state index in [0.29, 0.717) is 11.4 Å². The largest absolute Gasteiger partial charge is 0.344 e. The minimum Gasteiger partial charge on any atom is -0.344 e. The fraction of sp³-hybridized carbons (Fsp3) is 0.158. The van der Waals surface area contributed by atoms with Gasteiger partial charge in [0.2, 0.25) is 10.0 Å². The van der Waals surface area contributed by atoms with Crippen molar-refractivity contribution in [3.63, 3.8) is 0 Å².